The highest BCUT2D eigenvalue weighted by Gasteiger charge is 2.48. The number of aliphatic carboxylic acids is 1. The maximum atomic E-state index is 11.1. The third-order valence-electron chi connectivity index (χ3n) is 3.85. The maximum absolute atomic E-state index is 11.1. The van der Waals surface area contributed by atoms with Crippen LogP contribution >= 0.6 is 15.9 Å². The van der Waals surface area contributed by atoms with Crippen LogP contribution in [0.1, 0.15) is 50.2 Å². The van der Waals surface area contributed by atoms with Crippen molar-refractivity contribution in [2.45, 2.75) is 44.4 Å². The Kier molecular flexibility index (Phi) is 3.90. The van der Waals surface area contributed by atoms with Gasteiger partial charge in [-0.25, -0.2) is 0 Å². The van der Waals surface area contributed by atoms with Crippen LogP contribution in [0.3, 0.4) is 0 Å². The number of carbonyl (C=O) groups is 1. The minimum Gasteiger partial charge on any atom is -0.495 e. The van der Waals surface area contributed by atoms with Crippen LogP contribution in [0, 0.1) is 0 Å². The van der Waals surface area contributed by atoms with E-state index in [1.807, 2.05) is 0 Å². The van der Waals surface area contributed by atoms with Gasteiger partial charge in [-0.05, 0) is 46.3 Å². The first-order valence-corrected chi connectivity index (χ1v) is 7.28. The van der Waals surface area contributed by atoms with Crippen molar-refractivity contribution >= 4 is 21.9 Å². The predicted octanol–water partition coefficient (Wildman–Crippen LogP) is 4.09. The second-order valence-corrected chi connectivity index (χ2v) is 6.44. The van der Waals surface area contributed by atoms with E-state index in [-0.39, 0.29) is 11.8 Å². The molecule has 1 aromatic carbocycles. The van der Waals surface area contributed by atoms with Gasteiger partial charge in [-0.2, -0.15) is 0 Å². The quantitative estimate of drug-likeness (QED) is 0.886. The zero-order valence-corrected chi connectivity index (χ0v) is 13.1. The summed E-state index contributed by atoms with van der Waals surface area (Å²) in [6.07, 6.45) is 2.02. The van der Waals surface area contributed by atoms with Gasteiger partial charge in [-0.15, -0.1) is 0 Å². The molecule has 2 rings (SSSR count). The summed E-state index contributed by atoms with van der Waals surface area (Å²) in [6, 6.07) is 4.17. The maximum Gasteiger partial charge on any atom is 0.304 e. The number of hydrogen-bond acceptors (Lipinski definition) is 2. The minimum absolute atomic E-state index is 0.178. The molecule has 1 fully saturated rings. The zero-order valence-electron chi connectivity index (χ0n) is 11.5. The first-order chi connectivity index (χ1) is 8.89. The Bertz CT molecular complexity index is 504. The molecule has 3 nitrogen and oxygen atoms in total. The molecular weight excluding hydrogens is 308 g/mol. The van der Waals surface area contributed by atoms with E-state index in [4.69, 9.17) is 9.84 Å². The monoisotopic (exact) mass is 326 g/mol. The highest BCUT2D eigenvalue weighted by molar-refractivity contribution is 9.10. The molecule has 0 aromatic heterocycles. The Morgan fingerprint density at radius 2 is 2.11 bits per heavy atom. The van der Waals surface area contributed by atoms with Gasteiger partial charge in [0.05, 0.1) is 18.0 Å². The topological polar surface area (TPSA) is 46.5 Å². The summed E-state index contributed by atoms with van der Waals surface area (Å²) in [5.41, 5.74) is 2.01. The molecule has 0 atom stereocenters. The summed E-state index contributed by atoms with van der Waals surface area (Å²) in [5, 5.41) is 9.11. The number of benzene rings is 1. The van der Waals surface area contributed by atoms with Crippen molar-refractivity contribution in [3.8, 4) is 5.75 Å². The second kappa shape index (κ2) is 5.16. The average molecular weight is 327 g/mol. The van der Waals surface area contributed by atoms with E-state index in [0.29, 0.717) is 5.92 Å². The zero-order chi connectivity index (χ0) is 14.2. The summed E-state index contributed by atoms with van der Waals surface area (Å²) in [7, 11) is 1.63. The number of methoxy groups -OCH3 is 1. The molecule has 0 aliphatic heterocycles. The molecule has 0 heterocycles. The normalized spacial score (nSPS) is 16.5. The minimum atomic E-state index is -0.745. The molecule has 1 aromatic rings. The summed E-state index contributed by atoms with van der Waals surface area (Å²) in [4.78, 5) is 11.1. The van der Waals surface area contributed by atoms with Gasteiger partial charge in [-0.3, -0.25) is 4.79 Å². The van der Waals surface area contributed by atoms with Gasteiger partial charge >= 0.3 is 5.97 Å². The van der Waals surface area contributed by atoms with Crippen LogP contribution in [0.25, 0.3) is 0 Å². The SMILES string of the molecule is COc1c(Br)cc(C(C)C)cc1C1(CC(=O)O)CC1. The van der Waals surface area contributed by atoms with Crippen molar-refractivity contribution in [1.29, 1.82) is 0 Å². The summed E-state index contributed by atoms with van der Waals surface area (Å²) in [5.74, 6) is 0.440. The van der Waals surface area contributed by atoms with Crippen LogP contribution in [0.4, 0.5) is 0 Å². The van der Waals surface area contributed by atoms with E-state index in [1.165, 1.54) is 5.56 Å². The lowest BCUT2D eigenvalue weighted by molar-refractivity contribution is -0.137. The first-order valence-electron chi connectivity index (χ1n) is 6.49. The highest BCUT2D eigenvalue weighted by Crippen LogP contribution is 2.55. The van der Waals surface area contributed by atoms with Crippen molar-refractivity contribution < 1.29 is 14.6 Å². The van der Waals surface area contributed by atoms with Crippen molar-refractivity contribution in [1.82, 2.24) is 0 Å². The molecule has 1 N–H and O–H groups in total. The van der Waals surface area contributed by atoms with Gasteiger partial charge in [0, 0.05) is 11.0 Å². The van der Waals surface area contributed by atoms with Gasteiger partial charge in [0.25, 0.3) is 0 Å². The summed E-state index contributed by atoms with van der Waals surface area (Å²) < 4.78 is 6.39. The van der Waals surface area contributed by atoms with Gasteiger partial charge in [-0.1, -0.05) is 19.9 Å². The van der Waals surface area contributed by atoms with E-state index in [9.17, 15) is 4.79 Å². The number of carboxylic acid groups (broad SMARTS) is 1. The van der Waals surface area contributed by atoms with Gasteiger partial charge in [0.15, 0.2) is 0 Å². The average Bonchev–Trinajstić information content (AvgIpc) is 3.07. The van der Waals surface area contributed by atoms with Gasteiger partial charge in [0.1, 0.15) is 5.75 Å². The molecule has 1 saturated carbocycles. The van der Waals surface area contributed by atoms with Gasteiger partial charge in [0.2, 0.25) is 0 Å². The lowest BCUT2D eigenvalue weighted by atomic mass is 9.88. The Morgan fingerprint density at radius 1 is 1.47 bits per heavy atom. The molecule has 4 heteroatoms. The van der Waals surface area contributed by atoms with Crippen LogP contribution in [0.5, 0.6) is 5.75 Å². The molecule has 0 bridgehead atoms. The predicted molar refractivity (Wildman–Crippen MR) is 77.9 cm³/mol. The number of ether oxygens (including phenoxy) is 1. The third-order valence-corrected chi connectivity index (χ3v) is 4.44. The lowest BCUT2D eigenvalue weighted by Crippen LogP contribution is -2.15. The number of rotatable bonds is 5. The van der Waals surface area contributed by atoms with E-state index < -0.39 is 5.97 Å². The van der Waals surface area contributed by atoms with Crippen LogP contribution in [-0.2, 0) is 10.2 Å². The highest BCUT2D eigenvalue weighted by atomic mass is 79.9. The van der Waals surface area contributed by atoms with E-state index in [2.05, 4.69) is 41.9 Å². The fraction of sp³-hybridized carbons (Fsp3) is 0.533. The Labute approximate surface area is 122 Å². The second-order valence-electron chi connectivity index (χ2n) is 5.59. The Morgan fingerprint density at radius 3 is 2.53 bits per heavy atom. The van der Waals surface area contributed by atoms with E-state index in [0.717, 1.165) is 28.6 Å². The standard InChI is InChI=1S/C15H19BrO3/c1-9(2)10-6-11(14(19-3)12(16)7-10)15(4-5-15)8-13(17)18/h6-7,9H,4-5,8H2,1-3H3,(H,17,18). The fourth-order valence-electron chi connectivity index (χ4n) is 2.53. The fourth-order valence-corrected chi connectivity index (χ4v) is 3.17. The molecule has 0 amide bonds. The van der Waals surface area contributed by atoms with Gasteiger partial charge < -0.3 is 9.84 Å². The Balaban J connectivity index is 2.51. The molecule has 1 aliphatic rings. The van der Waals surface area contributed by atoms with Crippen molar-refractivity contribution in [3.63, 3.8) is 0 Å². The van der Waals surface area contributed by atoms with Crippen molar-refractivity contribution in [2.75, 3.05) is 7.11 Å². The molecule has 104 valence electrons. The van der Waals surface area contributed by atoms with E-state index in [1.54, 1.807) is 7.11 Å². The largest absolute Gasteiger partial charge is 0.495 e. The first kappa shape index (κ1) is 14.4. The molecule has 0 spiro atoms. The molecular formula is C15H19BrO3. The van der Waals surface area contributed by atoms with Crippen LogP contribution < -0.4 is 4.74 Å². The molecule has 19 heavy (non-hydrogen) atoms. The molecule has 0 radical (unpaired) electrons. The van der Waals surface area contributed by atoms with Crippen molar-refractivity contribution in [2.24, 2.45) is 0 Å². The summed E-state index contributed by atoms with van der Waals surface area (Å²) >= 11 is 3.54. The molecule has 1 aliphatic carbocycles. The van der Waals surface area contributed by atoms with Crippen molar-refractivity contribution in [3.05, 3.63) is 27.7 Å². The third kappa shape index (κ3) is 2.78. The summed E-state index contributed by atoms with van der Waals surface area (Å²) in [6.45, 7) is 4.27. The Hall–Kier alpha value is -1.03. The lowest BCUT2D eigenvalue weighted by Gasteiger charge is -2.21. The van der Waals surface area contributed by atoms with E-state index >= 15 is 0 Å². The smallest absolute Gasteiger partial charge is 0.304 e. The number of halogens is 1. The number of hydrogen-bond donors (Lipinski definition) is 1. The molecule has 0 saturated heterocycles. The molecule has 0 unspecified atom stereocenters. The van der Waals surface area contributed by atoms with Crippen LogP contribution in [0.15, 0.2) is 16.6 Å². The van der Waals surface area contributed by atoms with Crippen LogP contribution in [0.2, 0.25) is 0 Å². The van der Waals surface area contributed by atoms with Crippen LogP contribution in [-0.4, -0.2) is 18.2 Å². The number of carboxylic acids is 1.